The van der Waals surface area contributed by atoms with Gasteiger partial charge in [-0.05, 0) is 31.4 Å². The van der Waals surface area contributed by atoms with E-state index >= 15 is 0 Å². The van der Waals surface area contributed by atoms with Crippen LogP contribution in [0.5, 0.6) is 0 Å². The van der Waals surface area contributed by atoms with Gasteiger partial charge in [-0.25, -0.2) is 9.97 Å². The van der Waals surface area contributed by atoms with Crippen molar-refractivity contribution in [3.63, 3.8) is 0 Å². The Morgan fingerprint density at radius 2 is 2.00 bits per heavy atom. The summed E-state index contributed by atoms with van der Waals surface area (Å²) in [6, 6.07) is 8.06. The second-order valence-corrected chi connectivity index (χ2v) is 6.39. The Morgan fingerprint density at radius 3 is 2.67 bits per heavy atom. The van der Waals surface area contributed by atoms with Crippen LogP contribution in [-0.4, -0.2) is 25.1 Å². The fourth-order valence-electron chi connectivity index (χ4n) is 2.63. The first-order valence-electron chi connectivity index (χ1n) is 8.81. The normalized spacial score (nSPS) is 13.5. The largest absolute Gasteiger partial charge is 0.423 e. The molecule has 9 nitrogen and oxygen atoms in total. The summed E-state index contributed by atoms with van der Waals surface area (Å²) in [6.45, 7) is 2.38. The highest BCUT2D eigenvalue weighted by atomic mass is 16.6. The molecule has 1 aliphatic rings. The highest BCUT2D eigenvalue weighted by Crippen LogP contribution is 2.39. The van der Waals surface area contributed by atoms with Crippen LogP contribution in [0.2, 0.25) is 0 Å². The topological polar surface area (TPSA) is 120 Å². The minimum absolute atomic E-state index is 0.0339. The van der Waals surface area contributed by atoms with Crippen LogP contribution in [0, 0.1) is 10.1 Å². The number of nitrogens with one attached hydrogen (secondary N) is 1. The number of hydrogen-bond donors (Lipinski definition) is 1. The number of aromatic nitrogens is 4. The Bertz CT molecular complexity index is 965. The van der Waals surface area contributed by atoms with Gasteiger partial charge in [-0.1, -0.05) is 6.92 Å². The Kier molecular flexibility index (Phi) is 4.49. The fraction of sp³-hybridized carbons (Fsp3) is 0.333. The SMILES string of the molecule is CCc1cc(NCc2nnc(C3CC3)o2)nc(-c2ccc([N+](=O)[O-])cc2)n1. The fourth-order valence-corrected chi connectivity index (χ4v) is 2.63. The number of aryl methyl sites for hydroxylation is 1. The molecule has 0 radical (unpaired) electrons. The van der Waals surface area contributed by atoms with Gasteiger partial charge >= 0.3 is 0 Å². The summed E-state index contributed by atoms with van der Waals surface area (Å²) in [5.41, 5.74) is 1.62. The van der Waals surface area contributed by atoms with Crippen molar-refractivity contribution >= 4 is 11.5 Å². The molecular formula is C18H18N6O3. The van der Waals surface area contributed by atoms with E-state index in [0.29, 0.717) is 41.4 Å². The average Bonchev–Trinajstić information content (AvgIpc) is 3.44. The van der Waals surface area contributed by atoms with Gasteiger partial charge < -0.3 is 9.73 Å². The molecule has 2 aromatic heterocycles. The number of nitro groups is 1. The Balaban J connectivity index is 1.53. The van der Waals surface area contributed by atoms with Gasteiger partial charge in [0.1, 0.15) is 5.82 Å². The van der Waals surface area contributed by atoms with Crippen molar-refractivity contribution in [1.29, 1.82) is 0 Å². The van der Waals surface area contributed by atoms with Crippen molar-refractivity contribution in [3.05, 3.63) is 57.9 Å². The number of hydrogen-bond acceptors (Lipinski definition) is 8. The highest BCUT2D eigenvalue weighted by molar-refractivity contribution is 5.59. The number of nitro benzene ring substituents is 1. The summed E-state index contributed by atoms with van der Waals surface area (Å²) in [5, 5.41) is 22.1. The van der Waals surface area contributed by atoms with E-state index in [1.54, 1.807) is 12.1 Å². The molecule has 0 atom stereocenters. The van der Waals surface area contributed by atoms with E-state index in [1.807, 2.05) is 13.0 Å². The Labute approximate surface area is 155 Å². The molecule has 0 amide bonds. The third kappa shape index (κ3) is 3.91. The molecule has 3 aromatic rings. The molecule has 0 bridgehead atoms. The molecule has 1 aliphatic carbocycles. The monoisotopic (exact) mass is 366 g/mol. The molecule has 1 saturated carbocycles. The van der Waals surface area contributed by atoms with Crippen molar-refractivity contribution in [3.8, 4) is 11.4 Å². The molecule has 0 saturated heterocycles. The third-order valence-corrected chi connectivity index (χ3v) is 4.31. The summed E-state index contributed by atoms with van der Waals surface area (Å²) < 4.78 is 5.64. The summed E-state index contributed by atoms with van der Waals surface area (Å²) in [5.74, 6) is 2.80. The lowest BCUT2D eigenvalue weighted by Crippen LogP contribution is -2.05. The molecule has 1 aromatic carbocycles. The molecule has 0 aliphatic heterocycles. The van der Waals surface area contributed by atoms with E-state index in [9.17, 15) is 10.1 Å². The second-order valence-electron chi connectivity index (χ2n) is 6.39. The first-order chi connectivity index (χ1) is 13.1. The molecule has 9 heteroatoms. The van der Waals surface area contributed by atoms with Gasteiger partial charge in [0.05, 0.1) is 11.5 Å². The van der Waals surface area contributed by atoms with Crippen LogP contribution in [0.15, 0.2) is 34.7 Å². The van der Waals surface area contributed by atoms with Gasteiger partial charge in [-0.15, -0.1) is 10.2 Å². The van der Waals surface area contributed by atoms with Gasteiger partial charge in [0.2, 0.25) is 11.8 Å². The van der Waals surface area contributed by atoms with Crippen molar-refractivity contribution in [1.82, 2.24) is 20.2 Å². The first kappa shape index (κ1) is 17.1. The van der Waals surface area contributed by atoms with Crippen LogP contribution in [0.25, 0.3) is 11.4 Å². The molecule has 4 rings (SSSR count). The lowest BCUT2D eigenvalue weighted by atomic mass is 10.2. The molecule has 1 fully saturated rings. The van der Waals surface area contributed by atoms with Gasteiger partial charge in [-0.2, -0.15) is 0 Å². The van der Waals surface area contributed by atoms with E-state index < -0.39 is 4.92 Å². The van der Waals surface area contributed by atoms with E-state index in [1.165, 1.54) is 12.1 Å². The highest BCUT2D eigenvalue weighted by Gasteiger charge is 2.29. The average molecular weight is 366 g/mol. The molecule has 0 spiro atoms. The lowest BCUT2D eigenvalue weighted by molar-refractivity contribution is -0.384. The quantitative estimate of drug-likeness (QED) is 0.498. The summed E-state index contributed by atoms with van der Waals surface area (Å²) in [4.78, 5) is 19.4. The van der Waals surface area contributed by atoms with Crippen LogP contribution in [-0.2, 0) is 13.0 Å². The van der Waals surface area contributed by atoms with Crippen molar-refractivity contribution in [2.45, 2.75) is 38.6 Å². The smallest absolute Gasteiger partial charge is 0.269 e. The zero-order chi connectivity index (χ0) is 18.8. The van der Waals surface area contributed by atoms with Crippen LogP contribution in [0.1, 0.15) is 43.2 Å². The van der Waals surface area contributed by atoms with E-state index in [2.05, 4.69) is 25.5 Å². The minimum Gasteiger partial charge on any atom is -0.423 e. The maximum atomic E-state index is 10.8. The molecule has 138 valence electrons. The Morgan fingerprint density at radius 1 is 1.22 bits per heavy atom. The maximum absolute atomic E-state index is 10.8. The lowest BCUT2D eigenvalue weighted by Gasteiger charge is -2.08. The summed E-state index contributed by atoms with van der Waals surface area (Å²) in [7, 11) is 0. The predicted octanol–water partition coefficient (Wildman–Crippen LogP) is 3.49. The third-order valence-electron chi connectivity index (χ3n) is 4.31. The number of benzene rings is 1. The zero-order valence-corrected chi connectivity index (χ0v) is 14.8. The molecule has 0 unspecified atom stereocenters. The van der Waals surface area contributed by atoms with Crippen LogP contribution in [0.3, 0.4) is 0 Å². The van der Waals surface area contributed by atoms with Gasteiger partial charge in [0, 0.05) is 35.4 Å². The minimum atomic E-state index is -0.430. The van der Waals surface area contributed by atoms with Gasteiger partial charge in [-0.3, -0.25) is 10.1 Å². The maximum Gasteiger partial charge on any atom is 0.269 e. The predicted molar refractivity (Wildman–Crippen MR) is 97.1 cm³/mol. The number of anilines is 1. The van der Waals surface area contributed by atoms with Crippen LogP contribution in [0.4, 0.5) is 11.5 Å². The van der Waals surface area contributed by atoms with Gasteiger partial charge in [0.25, 0.3) is 5.69 Å². The van der Waals surface area contributed by atoms with Gasteiger partial charge in [0.15, 0.2) is 5.82 Å². The Hall–Kier alpha value is -3.36. The summed E-state index contributed by atoms with van der Waals surface area (Å²) >= 11 is 0. The standard InChI is InChI=1S/C18H18N6O3/c1-2-13-9-15(19-10-16-22-23-18(27-16)12-3-4-12)21-17(20-13)11-5-7-14(8-6-11)24(25)26/h5-9,12H,2-4,10H2,1H3,(H,19,20,21). The summed E-state index contributed by atoms with van der Waals surface area (Å²) in [6.07, 6.45) is 2.96. The van der Waals surface area contributed by atoms with E-state index in [4.69, 9.17) is 4.42 Å². The molecule has 1 N–H and O–H groups in total. The van der Waals surface area contributed by atoms with E-state index in [0.717, 1.165) is 25.0 Å². The number of rotatable bonds is 7. The van der Waals surface area contributed by atoms with Crippen LogP contribution < -0.4 is 5.32 Å². The zero-order valence-electron chi connectivity index (χ0n) is 14.8. The molecule has 2 heterocycles. The van der Waals surface area contributed by atoms with E-state index in [-0.39, 0.29) is 5.69 Å². The molecule has 27 heavy (non-hydrogen) atoms. The first-order valence-corrected chi connectivity index (χ1v) is 8.81. The molecular weight excluding hydrogens is 348 g/mol. The van der Waals surface area contributed by atoms with Crippen LogP contribution >= 0.6 is 0 Å². The van der Waals surface area contributed by atoms with Crippen molar-refractivity contribution in [2.75, 3.05) is 5.32 Å². The number of non-ortho nitro benzene ring substituents is 1. The second kappa shape index (κ2) is 7.10. The number of nitrogens with zero attached hydrogens (tertiary/aromatic N) is 5. The van der Waals surface area contributed by atoms with Crippen molar-refractivity contribution in [2.24, 2.45) is 0 Å². The van der Waals surface area contributed by atoms with Crippen molar-refractivity contribution < 1.29 is 9.34 Å².